The van der Waals surface area contributed by atoms with Crippen LogP contribution >= 0.6 is 11.6 Å². The molecule has 4 aromatic rings. The highest BCUT2D eigenvalue weighted by Gasteiger charge is 2.27. The van der Waals surface area contributed by atoms with Gasteiger partial charge >= 0.3 is 5.69 Å². The summed E-state index contributed by atoms with van der Waals surface area (Å²) in [4.78, 5) is 33.6. The molecule has 0 amide bonds. The molecule has 0 bridgehead atoms. The predicted molar refractivity (Wildman–Crippen MR) is 127 cm³/mol. The quantitative estimate of drug-likeness (QED) is 0.476. The molecule has 1 aliphatic heterocycles. The molecule has 7 nitrogen and oxygen atoms in total. The van der Waals surface area contributed by atoms with Crippen LogP contribution in [0.1, 0.15) is 24.5 Å². The fraction of sp³-hybridized carbons (Fsp3) is 0.292. The molecule has 0 saturated heterocycles. The lowest BCUT2D eigenvalue weighted by molar-refractivity contribution is 0.596. The van der Waals surface area contributed by atoms with E-state index in [0.717, 1.165) is 30.6 Å². The summed E-state index contributed by atoms with van der Waals surface area (Å²) >= 11 is 6.30. The van der Waals surface area contributed by atoms with Crippen molar-refractivity contribution in [2.45, 2.75) is 32.9 Å². The van der Waals surface area contributed by atoms with Crippen molar-refractivity contribution in [1.82, 2.24) is 18.7 Å². The van der Waals surface area contributed by atoms with E-state index in [1.807, 2.05) is 34.9 Å². The normalized spacial score (nSPS) is 13.5. The summed E-state index contributed by atoms with van der Waals surface area (Å²) in [5.74, 6) is 0.703. The maximum Gasteiger partial charge on any atom is 0.332 e. The van der Waals surface area contributed by atoms with E-state index < -0.39 is 5.69 Å². The molecule has 1 aliphatic rings. The molecule has 5 rings (SSSR count). The smallest absolute Gasteiger partial charge is 0.312 e. The Kier molecular flexibility index (Phi) is 5.13. The Balaban J connectivity index is 1.72. The van der Waals surface area contributed by atoms with Crippen LogP contribution in [0.5, 0.6) is 0 Å². The van der Waals surface area contributed by atoms with Gasteiger partial charge in [-0.2, -0.15) is 4.98 Å². The Labute approximate surface area is 190 Å². The highest BCUT2D eigenvalue weighted by Crippen LogP contribution is 2.33. The van der Waals surface area contributed by atoms with Crippen LogP contribution in [0.3, 0.4) is 0 Å². The Morgan fingerprint density at radius 2 is 1.72 bits per heavy atom. The largest absolute Gasteiger partial charge is 0.332 e. The van der Waals surface area contributed by atoms with Gasteiger partial charge in [-0.15, -0.1) is 0 Å². The standard InChI is InChI=1S/C24H24ClN5O2/c1-3-16-9-5-7-12-19(16)28-13-8-14-29-20-21(26-23(28)29)27(2)24(32)30(22(20)31)15-17-10-4-6-11-18(17)25/h4-7,9-12H,3,8,13-15H2,1-2H3. The number of aromatic nitrogens is 4. The minimum atomic E-state index is -0.404. The average molecular weight is 450 g/mol. The van der Waals surface area contributed by atoms with Gasteiger partial charge in [-0.25, -0.2) is 4.79 Å². The first-order valence-corrected chi connectivity index (χ1v) is 11.2. The summed E-state index contributed by atoms with van der Waals surface area (Å²) in [6, 6.07) is 15.5. The second-order valence-electron chi connectivity index (χ2n) is 8.05. The molecular weight excluding hydrogens is 426 g/mol. The van der Waals surface area contributed by atoms with Crippen LogP contribution in [0.15, 0.2) is 58.1 Å². The molecule has 0 aliphatic carbocycles. The topological polar surface area (TPSA) is 65.1 Å². The van der Waals surface area contributed by atoms with Gasteiger partial charge in [0.15, 0.2) is 11.2 Å². The number of aryl methyl sites for hydroxylation is 3. The van der Waals surface area contributed by atoms with Crippen LogP contribution in [0.2, 0.25) is 5.02 Å². The van der Waals surface area contributed by atoms with E-state index in [0.29, 0.717) is 28.7 Å². The van der Waals surface area contributed by atoms with Gasteiger partial charge in [0, 0.05) is 30.8 Å². The Bertz CT molecular complexity index is 1450. The third-order valence-corrected chi connectivity index (χ3v) is 6.54. The van der Waals surface area contributed by atoms with Gasteiger partial charge < -0.3 is 9.47 Å². The highest BCUT2D eigenvalue weighted by molar-refractivity contribution is 6.31. The zero-order valence-corrected chi connectivity index (χ0v) is 18.8. The van der Waals surface area contributed by atoms with Crippen LogP contribution in [-0.2, 0) is 26.6 Å². The average Bonchev–Trinajstić information content (AvgIpc) is 3.21. The number of anilines is 2. The number of benzene rings is 2. The van der Waals surface area contributed by atoms with Crippen molar-refractivity contribution in [3.63, 3.8) is 0 Å². The molecule has 0 N–H and O–H groups in total. The van der Waals surface area contributed by atoms with Crippen molar-refractivity contribution < 1.29 is 0 Å². The van der Waals surface area contributed by atoms with Crippen molar-refractivity contribution in [2.24, 2.45) is 7.05 Å². The summed E-state index contributed by atoms with van der Waals surface area (Å²) < 4.78 is 4.66. The van der Waals surface area contributed by atoms with E-state index >= 15 is 0 Å². The van der Waals surface area contributed by atoms with Gasteiger partial charge in [-0.3, -0.25) is 13.9 Å². The van der Waals surface area contributed by atoms with E-state index in [1.165, 1.54) is 14.7 Å². The molecule has 32 heavy (non-hydrogen) atoms. The maximum absolute atomic E-state index is 13.5. The molecule has 0 unspecified atom stereocenters. The molecular formula is C24H24ClN5O2. The van der Waals surface area contributed by atoms with Gasteiger partial charge in [0.2, 0.25) is 5.95 Å². The zero-order chi connectivity index (χ0) is 22.4. The van der Waals surface area contributed by atoms with Gasteiger partial charge in [-0.05, 0) is 36.1 Å². The van der Waals surface area contributed by atoms with E-state index in [4.69, 9.17) is 16.6 Å². The van der Waals surface area contributed by atoms with Crippen LogP contribution < -0.4 is 16.1 Å². The molecule has 0 fully saturated rings. The third kappa shape index (κ3) is 3.15. The lowest BCUT2D eigenvalue weighted by Crippen LogP contribution is -2.40. The summed E-state index contributed by atoms with van der Waals surface area (Å²) in [6.45, 7) is 3.73. The third-order valence-electron chi connectivity index (χ3n) is 6.17. The van der Waals surface area contributed by atoms with E-state index in [-0.39, 0.29) is 12.1 Å². The number of rotatable bonds is 4. The number of hydrogen-bond donors (Lipinski definition) is 0. The summed E-state index contributed by atoms with van der Waals surface area (Å²) in [5, 5.41) is 0.527. The summed E-state index contributed by atoms with van der Waals surface area (Å²) in [5.41, 5.74) is 3.15. The highest BCUT2D eigenvalue weighted by atomic mass is 35.5. The Morgan fingerprint density at radius 1 is 1.00 bits per heavy atom. The lowest BCUT2D eigenvalue weighted by atomic mass is 10.1. The monoisotopic (exact) mass is 449 g/mol. The second kappa shape index (κ2) is 7.98. The SMILES string of the molecule is CCc1ccccc1N1CCCn2c1nc1c2c(=O)n(Cc2ccccc2Cl)c(=O)n1C. The number of nitrogens with zero attached hydrogens (tertiary/aromatic N) is 5. The fourth-order valence-electron chi connectivity index (χ4n) is 4.50. The molecule has 3 heterocycles. The summed E-state index contributed by atoms with van der Waals surface area (Å²) in [7, 11) is 1.66. The maximum atomic E-state index is 13.5. The number of halogens is 1. The number of para-hydroxylation sites is 1. The minimum absolute atomic E-state index is 0.115. The Morgan fingerprint density at radius 3 is 2.47 bits per heavy atom. The van der Waals surface area contributed by atoms with Crippen LogP contribution in [0, 0.1) is 0 Å². The molecule has 2 aromatic carbocycles. The van der Waals surface area contributed by atoms with Crippen LogP contribution in [0.25, 0.3) is 11.2 Å². The van der Waals surface area contributed by atoms with E-state index in [2.05, 4.69) is 24.0 Å². The second-order valence-corrected chi connectivity index (χ2v) is 8.45. The molecule has 164 valence electrons. The lowest BCUT2D eigenvalue weighted by Gasteiger charge is -2.30. The summed E-state index contributed by atoms with van der Waals surface area (Å²) in [6.07, 6.45) is 1.78. The number of fused-ring (bicyclic) bond motifs is 3. The van der Waals surface area contributed by atoms with Crippen molar-refractivity contribution in [3.8, 4) is 0 Å². The van der Waals surface area contributed by atoms with Gasteiger partial charge in [0.25, 0.3) is 5.56 Å². The zero-order valence-electron chi connectivity index (χ0n) is 18.1. The van der Waals surface area contributed by atoms with Crippen molar-refractivity contribution >= 4 is 34.4 Å². The van der Waals surface area contributed by atoms with Gasteiger partial charge in [0.05, 0.1) is 6.54 Å². The first kappa shape index (κ1) is 20.6. The molecule has 0 atom stereocenters. The van der Waals surface area contributed by atoms with Gasteiger partial charge in [-0.1, -0.05) is 54.9 Å². The number of hydrogen-bond acceptors (Lipinski definition) is 4. The minimum Gasteiger partial charge on any atom is -0.312 e. The number of imidazole rings is 1. The fourth-order valence-corrected chi connectivity index (χ4v) is 4.70. The molecule has 0 radical (unpaired) electrons. The Hall–Kier alpha value is -3.32. The van der Waals surface area contributed by atoms with Gasteiger partial charge in [0.1, 0.15) is 0 Å². The molecule has 8 heteroatoms. The predicted octanol–water partition coefficient (Wildman–Crippen LogP) is 3.70. The van der Waals surface area contributed by atoms with Crippen LogP contribution in [0.4, 0.5) is 11.6 Å². The molecule has 0 spiro atoms. The van der Waals surface area contributed by atoms with Crippen molar-refractivity contribution in [1.29, 1.82) is 0 Å². The first-order chi connectivity index (χ1) is 15.5. The molecule has 0 saturated carbocycles. The van der Waals surface area contributed by atoms with Crippen molar-refractivity contribution in [3.05, 3.63) is 85.5 Å². The van der Waals surface area contributed by atoms with E-state index in [9.17, 15) is 9.59 Å². The van der Waals surface area contributed by atoms with E-state index in [1.54, 1.807) is 13.1 Å². The van der Waals surface area contributed by atoms with Crippen molar-refractivity contribution in [2.75, 3.05) is 11.4 Å². The first-order valence-electron chi connectivity index (χ1n) is 10.8. The van der Waals surface area contributed by atoms with Crippen LogP contribution in [-0.4, -0.2) is 25.2 Å². The molecule has 2 aromatic heterocycles.